The van der Waals surface area contributed by atoms with Crippen molar-refractivity contribution in [3.8, 4) is 0 Å². The second-order valence-corrected chi connectivity index (χ2v) is 6.49. The van der Waals surface area contributed by atoms with Crippen molar-refractivity contribution in [3.05, 3.63) is 0 Å². The fraction of sp³-hybridized carbons (Fsp3) is 0.857. The first-order valence-electron chi connectivity index (χ1n) is 7.34. The maximum atomic E-state index is 12.2. The number of urea groups is 1. The van der Waals surface area contributed by atoms with E-state index < -0.39 is 0 Å². The Morgan fingerprint density at radius 3 is 2.20 bits per heavy atom. The van der Waals surface area contributed by atoms with Gasteiger partial charge < -0.3 is 19.9 Å². The van der Waals surface area contributed by atoms with Crippen LogP contribution in [0.3, 0.4) is 0 Å². The van der Waals surface area contributed by atoms with E-state index in [2.05, 4.69) is 5.32 Å². The molecule has 1 N–H and O–H groups in total. The van der Waals surface area contributed by atoms with Crippen LogP contribution in [0.4, 0.5) is 4.79 Å². The molecule has 0 saturated carbocycles. The van der Waals surface area contributed by atoms with Crippen LogP contribution in [-0.2, 0) is 9.53 Å². The van der Waals surface area contributed by atoms with Gasteiger partial charge in [-0.25, -0.2) is 4.79 Å². The molecule has 1 unspecified atom stereocenters. The molecule has 2 heterocycles. The first kappa shape index (κ1) is 15.1. The molecule has 114 valence electrons. The van der Waals surface area contributed by atoms with Crippen molar-refractivity contribution in [3.63, 3.8) is 0 Å². The zero-order valence-electron chi connectivity index (χ0n) is 12.6. The Bertz CT molecular complexity index is 364. The number of carbonyl (C=O) groups excluding carboxylic acids is 2. The SMILES string of the molecule is CC(C)(C)NC(=O)N1CCN(C(=O)C2CCCO2)CC1. The van der Waals surface area contributed by atoms with Crippen LogP contribution in [0.1, 0.15) is 33.6 Å². The lowest BCUT2D eigenvalue weighted by molar-refractivity contribution is -0.142. The Hall–Kier alpha value is -1.30. The lowest BCUT2D eigenvalue weighted by Gasteiger charge is -2.37. The minimum Gasteiger partial charge on any atom is -0.368 e. The summed E-state index contributed by atoms with van der Waals surface area (Å²) in [5.41, 5.74) is -0.234. The van der Waals surface area contributed by atoms with E-state index in [1.54, 1.807) is 4.90 Å². The largest absolute Gasteiger partial charge is 0.368 e. The molecule has 0 spiro atoms. The van der Waals surface area contributed by atoms with Gasteiger partial charge in [0.1, 0.15) is 6.10 Å². The highest BCUT2D eigenvalue weighted by atomic mass is 16.5. The third kappa shape index (κ3) is 3.85. The van der Waals surface area contributed by atoms with Crippen LogP contribution in [0.2, 0.25) is 0 Å². The number of nitrogens with one attached hydrogen (secondary N) is 1. The van der Waals surface area contributed by atoms with Gasteiger partial charge in [0, 0.05) is 38.3 Å². The summed E-state index contributed by atoms with van der Waals surface area (Å²) in [6.07, 6.45) is 1.53. The number of amides is 3. The normalized spacial score (nSPS) is 23.9. The predicted molar refractivity (Wildman–Crippen MR) is 75.4 cm³/mol. The number of hydrogen-bond acceptors (Lipinski definition) is 3. The highest BCUT2D eigenvalue weighted by Gasteiger charge is 2.31. The first-order chi connectivity index (χ1) is 9.37. The summed E-state index contributed by atoms with van der Waals surface area (Å²) in [7, 11) is 0. The van der Waals surface area contributed by atoms with E-state index in [1.807, 2.05) is 25.7 Å². The van der Waals surface area contributed by atoms with Crippen molar-refractivity contribution in [2.45, 2.75) is 45.3 Å². The van der Waals surface area contributed by atoms with E-state index in [9.17, 15) is 9.59 Å². The maximum absolute atomic E-state index is 12.2. The van der Waals surface area contributed by atoms with E-state index in [1.165, 1.54) is 0 Å². The second-order valence-electron chi connectivity index (χ2n) is 6.49. The molecule has 6 heteroatoms. The molecule has 2 aliphatic rings. The minimum absolute atomic E-state index is 0.0540. The number of carbonyl (C=O) groups is 2. The van der Waals surface area contributed by atoms with Gasteiger partial charge in [-0.3, -0.25) is 4.79 Å². The molecule has 6 nitrogen and oxygen atoms in total. The molecule has 2 fully saturated rings. The second kappa shape index (κ2) is 5.99. The molecule has 2 rings (SSSR count). The Morgan fingerprint density at radius 1 is 1.10 bits per heavy atom. The van der Waals surface area contributed by atoms with Crippen LogP contribution < -0.4 is 5.32 Å². The Morgan fingerprint density at radius 2 is 1.70 bits per heavy atom. The van der Waals surface area contributed by atoms with Crippen LogP contribution in [0.25, 0.3) is 0 Å². The average molecular weight is 283 g/mol. The molecule has 3 amide bonds. The molecule has 0 aromatic carbocycles. The molecule has 20 heavy (non-hydrogen) atoms. The summed E-state index contributed by atoms with van der Waals surface area (Å²) in [4.78, 5) is 27.8. The third-order valence-electron chi connectivity index (χ3n) is 3.57. The summed E-state index contributed by atoms with van der Waals surface area (Å²) in [5.74, 6) is 0.0818. The summed E-state index contributed by atoms with van der Waals surface area (Å²) in [6.45, 7) is 8.92. The van der Waals surface area contributed by atoms with E-state index in [-0.39, 0.29) is 23.6 Å². The van der Waals surface area contributed by atoms with Gasteiger partial charge in [0.05, 0.1) is 0 Å². The Kier molecular flexibility index (Phi) is 4.52. The van der Waals surface area contributed by atoms with Crippen LogP contribution in [-0.4, -0.2) is 66.2 Å². The highest BCUT2D eigenvalue weighted by molar-refractivity contribution is 5.81. The van der Waals surface area contributed by atoms with E-state index in [0.29, 0.717) is 32.8 Å². The monoisotopic (exact) mass is 283 g/mol. The van der Waals surface area contributed by atoms with E-state index >= 15 is 0 Å². The number of piperazine rings is 1. The molecule has 0 radical (unpaired) electrons. The summed E-state index contributed by atoms with van der Waals surface area (Å²) in [6, 6.07) is -0.0540. The van der Waals surface area contributed by atoms with E-state index in [0.717, 1.165) is 12.8 Å². The van der Waals surface area contributed by atoms with Gasteiger partial charge in [-0.1, -0.05) is 0 Å². The van der Waals surface area contributed by atoms with Gasteiger partial charge in [-0.2, -0.15) is 0 Å². The predicted octanol–water partition coefficient (Wildman–Crippen LogP) is 0.818. The van der Waals surface area contributed by atoms with Crippen LogP contribution in [0, 0.1) is 0 Å². The van der Waals surface area contributed by atoms with Crippen LogP contribution in [0.15, 0.2) is 0 Å². The quantitative estimate of drug-likeness (QED) is 0.775. The van der Waals surface area contributed by atoms with Gasteiger partial charge in [-0.15, -0.1) is 0 Å². The van der Waals surface area contributed by atoms with Gasteiger partial charge >= 0.3 is 6.03 Å². The lowest BCUT2D eigenvalue weighted by atomic mass is 10.1. The van der Waals surface area contributed by atoms with Crippen molar-refractivity contribution in [1.82, 2.24) is 15.1 Å². The topological polar surface area (TPSA) is 61.9 Å². The molecular formula is C14H25N3O3. The van der Waals surface area contributed by atoms with Crippen molar-refractivity contribution < 1.29 is 14.3 Å². The van der Waals surface area contributed by atoms with Crippen LogP contribution in [0.5, 0.6) is 0 Å². The van der Waals surface area contributed by atoms with Gasteiger partial charge in [0.2, 0.25) is 0 Å². The Labute approximate surface area is 120 Å². The molecule has 0 aromatic rings. The smallest absolute Gasteiger partial charge is 0.317 e. The van der Waals surface area contributed by atoms with Crippen LogP contribution >= 0.6 is 0 Å². The molecule has 0 aromatic heterocycles. The summed E-state index contributed by atoms with van der Waals surface area (Å²) < 4.78 is 5.42. The minimum atomic E-state index is -0.259. The number of ether oxygens (including phenoxy) is 1. The van der Waals surface area contributed by atoms with Crippen molar-refractivity contribution in [2.24, 2.45) is 0 Å². The van der Waals surface area contributed by atoms with Gasteiger partial charge in [0.15, 0.2) is 0 Å². The molecule has 0 aliphatic carbocycles. The lowest BCUT2D eigenvalue weighted by Crippen LogP contribution is -2.57. The first-order valence-corrected chi connectivity index (χ1v) is 7.34. The average Bonchev–Trinajstić information content (AvgIpc) is 2.90. The Balaban J connectivity index is 1.80. The fourth-order valence-corrected chi connectivity index (χ4v) is 2.51. The molecular weight excluding hydrogens is 258 g/mol. The number of nitrogens with zero attached hydrogens (tertiary/aromatic N) is 2. The standard InChI is InChI=1S/C14H25N3O3/c1-14(2,3)15-13(19)17-8-6-16(7-9-17)12(18)11-5-4-10-20-11/h11H,4-10H2,1-3H3,(H,15,19). The fourth-order valence-electron chi connectivity index (χ4n) is 2.51. The molecule has 2 aliphatic heterocycles. The van der Waals surface area contributed by atoms with E-state index in [4.69, 9.17) is 4.74 Å². The maximum Gasteiger partial charge on any atom is 0.317 e. The molecule has 1 atom stereocenters. The van der Waals surface area contributed by atoms with Gasteiger partial charge in [-0.05, 0) is 33.6 Å². The molecule has 2 saturated heterocycles. The third-order valence-corrected chi connectivity index (χ3v) is 3.57. The summed E-state index contributed by atoms with van der Waals surface area (Å²) in [5, 5.41) is 2.95. The van der Waals surface area contributed by atoms with Crippen molar-refractivity contribution in [2.75, 3.05) is 32.8 Å². The zero-order chi connectivity index (χ0) is 14.8. The van der Waals surface area contributed by atoms with Gasteiger partial charge in [0.25, 0.3) is 5.91 Å². The highest BCUT2D eigenvalue weighted by Crippen LogP contribution is 2.16. The summed E-state index contributed by atoms with van der Waals surface area (Å²) >= 11 is 0. The zero-order valence-corrected chi connectivity index (χ0v) is 12.6. The van der Waals surface area contributed by atoms with Crippen molar-refractivity contribution in [1.29, 1.82) is 0 Å². The molecule has 0 bridgehead atoms. The number of rotatable bonds is 1. The van der Waals surface area contributed by atoms with Crippen molar-refractivity contribution >= 4 is 11.9 Å². The number of hydrogen-bond donors (Lipinski definition) is 1.